The van der Waals surface area contributed by atoms with Crippen molar-refractivity contribution in [2.24, 2.45) is 7.05 Å². The summed E-state index contributed by atoms with van der Waals surface area (Å²) in [5.74, 6) is 0.0113. The van der Waals surface area contributed by atoms with Gasteiger partial charge in [-0.3, -0.25) is 14.3 Å². The first kappa shape index (κ1) is 23.6. The number of nitrogens with zero attached hydrogens (tertiary/aromatic N) is 6. The summed E-state index contributed by atoms with van der Waals surface area (Å²) in [6.07, 6.45) is 6.32. The molecule has 11 heteroatoms. The molecule has 0 atom stereocenters. The van der Waals surface area contributed by atoms with Crippen LogP contribution in [0.5, 0.6) is 0 Å². The van der Waals surface area contributed by atoms with Crippen molar-refractivity contribution in [2.75, 3.05) is 25.1 Å². The maximum absolute atomic E-state index is 13.5. The second kappa shape index (κ2) is 9.25. The molecule has 1 aliphatic rings. The predicted molar refractivity (Wildman–Crippen MR) is 141 cm³/mol. The number of anilines is 1. The summed E-state index contributed by atoms with van der Waals surface area (Å²) in [5, 5.41) is 0.727. The van der Waals surface area contributed by atoms with Crippen LogP contribution in [0.4, 0.5) is 5.82 Å². The molecule has 0 spiro atoms. The number of aromatic nitrogens is 6. The third kappa shape index (κ3) is 3.92. The van der Waals surface area contributed by atoms with Crippen molar-refractivity contribution in [3.05, 3.63) is 82.4 Å². The Kier molecular flexibility index (Phi) is 5.74. The number of hydrogen-bond donors (Lipinski definition) is 1. The minimum absolute atomic E-state index is 0.0465. The third-order valence-corrected chi connectivity index (χ3v) is 7.19. The number of carbonyl (C=O) groups is 2. The van der Waals surface area contributed by atoms with E-state index < -0.39 is 5.97 Å². The van der Waals surface area contributed by atoms with Crippen LogP contribution in [0.3, 0.4) is 0 Å². The zero-order chi connectivity index (χ0) is 26.4. The highest BCUT2D eigenvalue weighted by Crippen LogP contribution is 2.28. The molecular formula is C27H25N7O4. The van der Waals surface area contributed by atoms with Crippen molar-refractivity contribution in [1.29, 1.82) is 0 Å². The van der Waals surface area contributed by atoms with Gasteiger partial charge in [0, 0.05) is 61.1 Å². The van der Waals surface area contributed by atoms with Crippen molar-refractivity contribution in [2.45, 2.75) is 18.9 Å². The van der Waals surface area contributed by atoms with Gasteiger partial charge in [0.1, 0.15) is 17.8 Å². The van der Waals surface area contributed by atoms with Gasteiger partial charge in [-0.05, 0) is 37.1 Å². The highest BCUT2D eigenvalue weighted by atomic mass is 16.5. The molecule has 1 aromatic carbocycles. The van der Waals surface area contributed by atoms with Gasteiger partial charge in [0.05, 0.1) is 18.2 Å². The lowest BCUT2D eigenvalue weighted by Crippen LogP contribution is -2.37. The summed E-state index contributed by atoms with van der Waals surface area (Å²) >= 11 is 0. The average Bonchev–Trinajstić information content (AvgIpc) is 3.47. The van der Waals surface area contributed by atoms with E-state index in [1.807, 2.05) is 23.7 Å². The van der Waals surface area contributed by atoms with Crippen LogP contribution < -0.4 is 10.6 Å². The normalized spacial score (nSPS) is 14.3. The molecule has 1 saturated heterocycles. The molecule has 0 amide bonds. The molecular weight excluding hydrogens is 486 g/mol. The molecule has 0 radical (unpaired) electrons. The first-order valence-electron chi connectivity index (χ1n) is 12.3. The number of aryl methyl sites for hydroxylation is 1. The number of imidazole rings is 1. The number of rotatable bonds is 5. The van der Waals surface area contributed by atoms with Gasteiger partial charge in [-0.15, -0.1) is 0 Å². The molecule has 1 aliphatic heterocycles. The average molecular weight is 512 g/mol. The lowest BCUT2D eigenvalue weighted by atomic mass is 10.0. The first-order chi connectivity index (χ1) is 18.4. The van der Waals surface area contributed by atoms with E-state index in [0.717, 1.165) is 29.3 Å². The lowest BCUT2D eigenvalue weighted by Gasteiger charge is -2.33. The molecule has 0 unspecified atom stereocenters. The fourth-order valence-corrected chi connectivity index (χ4v) is 5.27. The Bertz CT molecular complexity index is 1760. The summed E-state index contributed by atoms with van der Waals surface area (Å²) in [6, 6.07) is 10.6. The number of pyridine rings is 1. The molecule has 0 aliphatic carbocycles. The minimum Gasteiger partial charge on any atom is -0.465 e. The third-order valence-electron chi connectivity index (χ3n) is 7.19. The Morgan fingerprint density at radius 3 is 2.66 bits per heavy atom. The minimum atomic E-state index is -0.434. The van der Waals surface area contributed by atoms with Crippen LogP contribution in [0.1, 0.15) is 45.3 Å². The number of carbonyl (C=O) groups excluding carboxylic acids is 2. The van der Waals surface area contributed by atoms with Crippen LogP contribution in [-0.2, 0) is 11.8 Å². The van der Waals surface area contributed by atoms with E-state index in [2.05, 4.69) is 24.8 Å². The number of ether oxygens (including phenoxy) is 1. The zero-order valence-corrected chi connectivity index (χ0v) is 20.9. The SMILES string of the molecule is COC(=O)c1ccc2c(C(=O)c3cc(N4CCC(n5c(=O)[nH]c6ncccc65)CC4)ncn3)cn(C)c2c1. The Morgan fingerprint density at radius 2 is 1.87 bits per heavy atom. The molecule has 0 bridgehead atoms. The lowest BCUT2D eigenvalue weighted by molar-refractivity contribution is 0.0600. The van der Waals surface area contributed by atoms with Gasteiger partial charge >= 0.3 is 11.7 Å². The Morgan fingerprint density at radius 1 is 1.05 bits per heavy atom. The van der Waals surface area contributed by atoms with Crippen LogP contribution in [-0.4, -0.2) is 61.0 Å². The smallest absolute Gasteiger partial charge is 0.337 e. The molecule has 1 N–H and O–H groups in total. The van der Waals surface area contributed by atoms with E-state index >= 15 is 0 Å². The van der Waals surface area contributed by atoms with Gasteiger partial charge in [0.15, 0.2) is 5.65 Å². The van der Waals surface area contributed by atoms with Crippen LogP contribution in [0, 0.1) is 0 Å². The van der Waals surface area contributed by atoms with E-state index in [1.54, 1.807) is 41.2 Å². The molecule has 6 rings (SSSR count). The predicted octanol–water partition coefficient (Wildman–Crippen LogP) is 2.87. The van der Waals surface area contributed by atoms with Gasteiger partial charge in [0.25, 0.3) is 0 Å². The van der Waals surface area contributed by atoms with E-state index in [1.165, 1.54) is 13.4 Å². The van der Waals surface area contributed by atoms with Gasteiger partial charge in [-0.1, -0.05) is 6.07 Å². The number of fused-ring (bicyclic) bond motifs is 2. The molecule has 1 fully saturated rings. The standard InChI is InChI=1S/C27H25N7O4/c1-32-14-19(18-6-5-16(12-22(18)32)26(36)38-2)24(35)20-13-23(30-15-29-20)33-10-7-17(8-11-33)34-21-4-3-9-28-25(21)31-27(34)37/h3-6,9,12-15,17H,7-8,10-11H2,1-2H3,(H,28,31,37). The summed E-state index contributed by atoms with van der Waals surface area (Å²) in [6.45, 7) is 1.36. The fraction of sp³-hybridized carbons (Fsp3) is 0.259. The number of hydrogen-bond acceptors (Lipinski definition) is 8. The molecule has 5 heterocycles. The number of esters is 1. The number of benzene rings is 1. The largest absolute Gasteiger partial charge is 0.465 e. The van der Waals surface area contributed by atoms with Crippen LogP contribution in [0.2, 0.25) is 0 Å². The summed E-state index contributed by atoms with van der Waals surface area (Å²) < 4.78 is 8.42. The maximum atomic E-state index is 13.5. The maximum Gasteiger partial charge on any atom is 0.337 e. The number of aromatic amines is 1. The van der Waals surface area contributed by atoms with Crippen molar-refractivity contribution in [3.63, 3.8) is 0 Å². The van der Waals surface area contributed by atoms with Crippen molar-refractivity contribution in [3.8, 4) is 0 Å². The molecule has 11 nitrogen and oxygen atoms in total. The van der Waals surface area contributed by atoms with E-state index in [0.29, 0.717) is 41.4 Å². The summed E-state index contributed by atoms with van der Waals surface area (Å²) in [7, 11) is 3.16. The first-order valence-corrected chi connectivity index (χ1v) is 12.3. The van der Waals surface area contributed by atoms with Crippen molar-refractivity contribution < 1.29 is 14.3 Å². The molecule has 192 valence electrons. The Hall–Kier alpha value is -4.80. The Labute approximate surface area is 216 Å². The highest BCUT2D eigenvalue weighted by molar-refractivity contribution is 6.16. The zero-order valence-electron chi connectivity index (χ0n) is 20.9. The monoisotopic (exact) mass is 511 g/mol. The van der Waals surface area contributed by atoms with Gasteiger partial charge < -0.3 is 14.2 Å². The number of methoxy groups -OCH3 is 1. The molecule has 0 saturated carbocycles. The quantitative estimate of drug-likeness (QED) is 0.282. The van der Waals surface area contributed by atoms with E-state index in [-0.39, 0.29) is 17.5 Å². The van der Waals surface area contributed by atoms with Crippen molar-refractivity contribution >= 4 is 39.6 Å². The number of nitrogens with one attached hydrogen (secondary N) is 1. The van der Waals surface area contributed by atoms with E-state index in [9.17, 15) is 14.4 Å². The van der Waals surface area contributed by atoms with Crippen molar-refractivity contribution in [1.82, 2.24) is 29.1 Å². The van der Waals surface area contributed by atoms with Gasteiger partial charge in [-0.25, -0.2) is 24.5 Å². The number of piperidine rings is 1. The fourth-order valence-electron chi connectivity index (χ4n) is 5.27. The van der Waals surface area contributed by atoms with Gasteiger partial charge in [-0.2, -0.15) is 0 Å². The summed E-state index contributed by atoms with van der Waals surface area (Å²) in [5.41, 5.74) is 3.19. The second-order valence-corrected chi connectivity index (χ2v) is 9.36. The molecule has 5 aromatic rings. The Balaban J connectivity index is 1.23. The number of ketones is 1. The molecule has 4 aromatic heterocycles. The van der Waals surface area contributed by atoms with Crippen LogP contribution in [0.25, 0.3) is 22.1 Å². The topological polar surface area (TPSA) is 128 Å². The van der Waals surface area contributed by atoms with Gasteiger partial charge in [0.2, 0.25) is 5.78 Å². The summed E-state index contributed by atoms with van der Waals surface area (Å²) in [4.78, 5) is 55.9. The number of H-pyrrole nitrogens is 1. The molecule has 38 heavy (non-hydrogen) atoms. The van der Waals surface area contributed by atoms with E-state index in [4.69, 9.17) is 4.74 Å². The second-order valence-electron chi connectivity index (χ2n) is 9.36. The van der Waals surface area contributed by atoms with Crippen LogP contribution >= 0.6 is 0 Å². The van der Waals surface area contributed by atoms with Crippen LogP contribution in [0.15, 0.2) is 59.9 Å². The highest BCUT2D eigenvalue weighted by Gasteiger charge is 2.26.